The summed E-state index contributed by atoms with van der Waals surface area (Å²) in [5.41, 5.74) is 6.72. The third kappa shape index (κ3) is 4.33. The molecular weight excluding hydrogens is 264 g/mol. The molecule has 0 fully saturated rings. The molecule has 0 amide bonds. The van der Waals surface area contributed by atoms with Crippen LogP contribution in [0, 0.1) is 0 Å². The Bertz CT molecular complexity index is 672. The maximum Gasteiger partial charge on any atom is -0.0178 e. The first-order valence-electron chi connectivity index (χ1n) is 7.85. The first-order chi connectivity index (χ1) is 10.7. The topological polar surface area (TPSA) is 0 Å². The zero-order chi connectivity index (χ0) is 15.8. The molecular formula is C22H24. The van der Waals surface area contributed by atoms with Gasteiger partial charge < -0.3 is 0 Å². The molecule has 2 aromatic carbocycles. The number of benzene rings is 2. The van der Waals surface area contributed by atoms with Gasteiger partial charge >= 0.3 is 0 Å². The molecule has 112 valence electrons. The molecule has 3 rings (SSSR count). The van der Waals surface area contributed by atoms with Gasteiger partial charge in [-0.15, -0.1) is 6.58 Å². The van der Waals surface area contributed by atoms with Gasteiger partial charge in [-0.1, -0.05) is 72.3 Å². The Morgan fingerprint density at radius 2 is 1.55 bits per heavy atom. The maximum absolute atomic E-state index is 3.36. The fourth-order valence-electron chi connectivity index (χ4n) is 2.56. The van der Waals surface area contributed by atoms with Crippen LogP contribution < -0.4 is 0 Å². The fourth-order valence-corrected chi connectivity index (χ4v) is 2.56. The van der Waals surface area contributed by atoms with E-state index in [0.29, 0.717) is 0 Å². The van der Waals surface area contributed by atoms with Gasteiger partial charge in [-0.2, -0.15) is 0 Å². The Morgan fingerprint density at radius 1 is 0.909 bits per heavy atom. The molecule has 1 aliphatic rings. The molecule has 0 heteroatoms. The molecule has 0 heterocycles. The van der Waals surface area contributed by atoms with Crippen LogP contribution in [0.4, 0.5) is 0 Å². The minimum absolute atomic E-state index is 1.16. The van der Waals surface area contributed by atoms with Gasteiger partial charge in [0.2, 0.25) is 0 Å². The van der Waals surface area contributed by atoms with Crippen LogP contribution in [-0.2, 0) is 0 Å². The molecule has 0 unspecified atom stereocenters. The highest BCUT2D eigenvalue weighted by Gasteiger charge is 2.05. The van der Waals surface area contributed by atoms with Crippen molar-refractivity contribution in [2.75, 3.05) is 0 Å². The summed E-state index contributed by atoms with van der Waals surface area (Å²) >= 11 is 0. The van der Waals surface area contributed by atoms with Crippen molar-refractivity contribution >= 4 is 5.57 Å². The lowest BCUT2D eigenvalue weighted by atomic mass is 9.93. The van der Waals surface area contributed by atoms with Crippen LogP contribution in [0.1, 0.15) is 32.3 Å². The highest BCUT2D eigenvalue weighted by molar-refractivity contribution is 5.78. The van der Waals surface area contributed by atoms with E-state index in [1.54, 1.807) is 6.08 Å². The number of allylic oxidation sites excluding steroid dienone is 5. The average molecular weight is 288 g/mol. The van der Waals surface area contributed by atoms with Gasteiger partial charge in [0.1, 0.15) is 0 Å². The van der Waals surface area contributed by atoms with Crippen molar-refractivity contribution in [2.45, 2.75) is 26.7 Å². The Balaban J connectivity index is 0.000000545. The van der Waals surface area contributed by atoms with Gasteiger partial charge in [0.25, 0.3) is 0 Å². The first kappa shape index (κ1) is 16.0. The first-order valence-corrected chi connectivity index (χ1v) is 7.85. The van der Waals surface area contributed by atoms with E-state index in [1.165, 1.54) is 34.3 Å². The van der Waals surface area contributed by atoms with E-state index in [0.717, 1.165) is 6.42 Å². The van der Waals surface area contributed by atoms with Crippen LogP contribution in [0.5, 0.6) is 0 Å². The van der Waals surface area contributed by atoms with E-state index in [2.05, 4.69) is 80.3 Å². The smallest absolute Gasteiger partial charge is 0.0178 e. The zero-order valence-electron chi connectivity index (χ0n) is 13.5. The predicted octanol–water partition coefficient (Wildman–Crippen LogP) is 6.67. The molecule has 22 heavy (non-hydrogen) atoms. The minimum atomic E-state index is 1.16. The van der Waals surface area contributed by atoms with Crippen molar-refractivity contribution in [2.24, 2.45) is 0 Å². The fraction of sp³-hybridized carbons (Fsp3) is 0.182. The lowest BCUT2D eigenvalue weighted by molar-refractivity contribution is 0.966. The largest absolute Gasteiger partial charge is 0.103 e. The quantitative estimate of drug-likeness (QED) is 0.541. The molecule has 0 nitrogen and oxygen atoms in total. The summed E-state index contributed by atoms with van der Waals surface area (Å²) in [5, 5.41) is 0. The van der Waals surface area contributed by atoms with Crippen LogP contribution in [-0.4, -0.2) is 0 Å². The molecule has 2 aromatic rings. The van der Waals surface area contributed by atoms with Gasteiger partial charge in [0, 0.05) is 0 Å². The predicted molar refractivity (Wildman–Crippen MR) is 98.7 cm³/mol. The van der Waals surface area contributed by atoms with E-state index in [1.807, 2.05) is 6.92 Å². The molecule has 0 saturated carbocycles. The van der Waals surface area contributed by atoms with E-state index < -0.39 is 0 Å². The van der Waals surface area contributed by atoms with Gasteiger partial charge in [-0.05, 0) is 55.0 Å². The third-order valence-electron chi connectivity index (χ3n) is 3.61. The van der Waals surface area contributed by atoms with Crippen LogP contribution >= 0.6 is 0 Å². The summed E-state index contributed by atoms with van der Waals surface area (Å²) in [7, 11) is 0. The van der Waals surface area contributed by atoms with Crippen molar-refractivity contribution in [3.8, 4) is 11.1 Å². The molecule has 0 saturated heterocycles. The van der Waals surface area contributed by atoms with E-state index in [-0.39, 0.29) is 0 Å². The van der Waals surface area contributed by atoms with E-state index >= 15 is 0 Å². The Labute approximate surface area is 134 Å². The van der Waals surface area contributed by atoms with Crippen LogP contribution in [0.15, 0.2) is 85.0 Å². The SMILES string of the molecule is C=CC.CC1=CC(c2cccc(-c3ccccc3)c2)=CCC1. The van der Waals surface area contributed by atoms with Gasteiger partial charge in [0.05, 0.1) is 0 Å². The minimum Gasteiger partial charge on any atom is -0.103 e. The summed E-state index contributed by atoms with van der Waals surface area (Å²) in [6.07, 6.45) is 8.76. The highest BCUT2D eigenvalue weighted by atomic mass is 14.1. The number of rotatable bonds is 2. The lowest BCUT2D eigenvalue weighted by Crippen LogP contribution is -1.90. The molecule has 0 N–H and O–H groups in total. The summed E-state index contributed by atoms with van der Waals surface area (Å²) in [5.74, 6) is 0. The molecule has 0 aromatic heterocycles. The zero-order valence-corrected chi connectivity index (χ0v) is 13.5. The second-order valence-corrected chi connectivity index (χ2v) is 5.54. The lowest BCUT2D eigenvalue weighted by Gasteiger charge is -2.12. The maximum atomic E-state index is 3.36. The Morgan fingerprint density at radius 3 is 2.23 bits per heavy atom. The monoisotopic (exact) mass is 288 g/mol. The average Bonchev–Trinajstić information content (AvgIpc) is 2.57. The Kier molecular flexibility index (Phi) is 5.97. The molecule has 0 spiro atoms. The van der Waals surface area contributed by atoms with Crippen LogP contribution in [0.2, 0.25) is 0 Å². The van der Waals surface area contributed by atoms with E-state index in [4.69, 9.17) is 0 Å². The van der Waals surface area contributed by atoms with E-state index in [9.17, 15) is 0 Å². The van der Waals surface area contributed by atoms with Crippen molar-refractivity contribution in [3.63, 3.8) is 0 Å². The van der Waals surface area contributed by atoms with Crippen molar-refractivity contribution < 1.29 is 0 Å². The van der Waals surface area contributed by atoms with Crippen molar-refractivity contribution in [3.05, 3.63) is 90.5 Å². The second-order valence-electron chi connectivity index (χ2n) is 5.54. The summed E-state index contributed by atoms with van der Waals surface area (Å²) in [6.45, 7) is 7.47. The Hall–Kier alpha value is -2.34. The molecule has 0 bridgehead atoms. The normalized spacial score (nSPS) is 13.4. The van der Waals surface area contributed by atoms with Crippen LogP contribution in [0.25, 0.3) is 16.7 Å². The van der Waals surface area contributed by atoms with Gasteiger partial charge in [0.15, 0.2) is 0 Å². The summed E-state index contributed by atoms with van der Waals surface area (Å²) in [4.78, 5) is 0. The van der Waals surface area contributed by atoms with Crippen molar-refractivity contribution in [1.29, 1.82) is 0 Å². The standard InChI is InChI=1S/C19H18.C3H6/c1-15-7-5-10-17(13-15)19-12-6-11-18(14-19)16-8-3-2-4-9-16;1-3-2/h2-4,6,8-14H,5,7H2,1H3;3H,1H2,2H3. The second kappa shape index (κ2) is 8.19. The molecule has 0 aliphatic heterocycles. The number of hydrogen-bond donors (Lipinski definition) is 0. The summed E-state index contributed by atoms with van der Waals surface area (Å²) in [6, 6.07) is 19.4. The third-order valence-corrected chi connectivity index (χ3v) is 3.61. The molecule has 1 aliphatic carbocycles. The summed E-state index contributed by atoms with van der Waals surface area (Å²) < 4.78 is 0. The number of hydrogen-bond acceptors (Lipinski definition) is 0. The highest BCUT2D eigenvalue weighted by Crippen LogP contribution is 2.28. The van der Waals surface area contributed by atoms with Crippen LogP contribution in [0.3, 0.4) is 0 Å². The molecule has 0 radical (unpaired) electrons. The molecule has 0 atom stereocenters. The van der Waals surface area contributed by atoms with Gasteiger partial charge in [-0.3, -0.25) is 0 Å². The van der Waals surface area contributed by atoms with Crippen molar-refractivity contribution in [1.82, 2.24) is 0 Å². The van der Waals surface area contributed by atoms with Gasteiger partial charge in [-0.25, -0.2) is 0 Å².